The van der Waals surface area contributed by atoms with Gasteiger partial charge in [-0.2, -0.15) is 0 Å². The number of carbonyl (C=O) groups excluding carboxylic acids is 4. The Balaban J connectivity index is 2.11. The van der Waals surface area contributed by atoms with E-state index in [1.807, 2.05) is 0 Å². The number of carbonyl (C=O) groups is 4. The SMILES string of the molecule is COC(=O)OC1=C2C(=O)c3ccc(C)cc3C(OC(=O)OC)=C2C(=O)c2ccccc21. The molecule has 0 amide bonds. The van der Waals surface area contributed by atoms with Gasteiger partial charge in [-0.3, -0.25) is 9.59 Å². The second-order valence-electron chi connectivity index (χ2n) is 6.77. The van der Waals surface area contributed by atoms with Gasteiger partial charge in [-0.15, -0.1) is 0 Å². The predicted molar refractivity (Wildman–Crippen MR) is 107 cm³/mol. The van der Waals surface area contributed by atoms with Crippen molar-refractivity contribution in [2.24, 2.45) is 0 Å². The minimum absolute atomic E-state index is 0.148. The molecule has 2 aromatic rings. The number of allylic oxidation sites excluding steroid dienone is 2. The molecule has 8 heteroatoms. The molecule has 0 atom stereocenters. The molecule has 0 aromatic heterocycles. The summed E-state index contributed by atoms with van der Waals surface area (Å²) >= 11 is 0. The van der Waals surface area contributed by atoms with E-state index in [2.05, 4.69) is 9.47 Å². The second-order valence-corrected chi connectivity index (χ2v) is 6.77. The minimum atomic E-state index is -1.07. The lowest BCUT2D eigenvalue weighted by atomic mass is 9.76. The van der Waals surface area contributed by atoms with Crippen LogP contribution in [-0.2, 0) is 18.9 Å². The van der Waals surface area contributed by atoms with Crippen molar-refractivity contribution in [2.75, 3.05) is 14.2 Å². The Labute approximate surface area is 176 Å². The zero-order chi connectivity index (χ0) is 22.3. The van der Waals surface area contributed by atoms with Crippen LogP contribution in [0.4, 0.5) is 9.59 Å². The normalized spacial score (nSPS) is 14.4. The molecule has 2 aliphatic carbocycles. The Morgan fingerprint density at radius 3 is 1.71 bits per heavy atom. The lowest BCUT2D eigenvalue weighted by Crippen LogP contribution is -2.28. The van der Waals surface area contributed by atoms with Crippen LogP contribution in [0.25, 0.3) is 11.5 Å². The zero-order valence-electron chi connectivity index (χ0n) is 16.8. The first-order valence-corrected chi connectivity index (χ1v) is 9.17. The molecular formula is C23H16O8. The fourth-order valence-corrected chi connectivity index (χ4v) is 3.58. The Morgan fingerprint density at radius 2 is 1.16 bits per heavy atom. The summed E-state index contributed by atoms with van der Waals surface area (Å²) in [5.74, 6) is -1.41. The molecule has 0 unspecified atom stereocenters. The molecule has 0 saturated heterocycles. The lowest BCUT2D eigenvalue weighted by Gasteiger charge is -2.29. The first-order chi connectivity index (χ1) is 14.9. The van der Waals surface area contributed by atoms with Crippen LogP contribution in [0.2, 0.25) is 0 Å². The number of ketones is 2. The molecule has 0 saturated carbocycles. The third kappa shape index (κ3) is 3.18. The Kier molecular flexibility index (Phi) is 4.90. The van der Waals surface area contributed by atoms with E-state index < -0.39 is 23.9 Å². The Morgan fingerprint density at radius 1 is 0.677 bits per heavy atom. The molecular weight excluding hydrogens is 404 g/mol. The van der Waals surface area contributed by atoms with Crippen LogP contribution >= 0.6 is 0 Å². The highest BCUT2D eigenvalue weighted by molar-refractivity contribution is 6.34. The van der Waals surface area contributed by atoms with Gasteiger partial charge in [0.1, 0.15) is 0 Å². The van der Waals surface area contributed by atoms with Gasteiger partial charge in [0.05, 0.1) is 25.4 Å². The van der Waals surface area contributed by atoms with Gasteiger partial charge in [0, 0.05) is 22.3 Å². The topological polar surface area (TPSA) is 105 Å². The fourth-order valence-electron chi connectivity index (χ4n) is 3.58. The van der Waals surface area contributed by atoms with Crippen molar-refractivity contribution in [1.82, 2.24) is 0 Å². The molecule has 4 rings (SSSR count). The maximum atomic E-state index is 13.5. The van der Waals surface area contributed by atoms with Crippen molar-refractivity contribution in [3.63, 3.8) is 0 Å². The van der Waals surface area contributed by atoms with Gasteiger partial charge >= 0.3 is 12.3 Å². The highest BCUT2D eigenvalue weighted by atomic mass is 16.7. The molecule has 2 aromatic carbocycles. The van der Waals surface area contributed by atoms with E-state index in [9.17, 15) is 19.2 Å². The highest BCUT2D eigenvalue weighted by Gasteiger charge is 2.43. The van der Waals surface area contributed by atoms with Crippen molar-refractivity contribution in [3.8, 4) is 0 Å². The Bertz CT molecular complexity index is 1230. The van der Waals surface area contributed by atoms with Crippen molar-refractivity contribution in [3.05, 3.63) is 81.4 Å². The monoisotopic (exact) mass is 420 g/mol. The van der Waals surface area contributed by atoms with Crippen molar-refractivity contribution < 1.29 is 38.1 Å². The maximum Gasteiger partial charge on any atom is 0.513 e. The summed E-state index contributed by atoms with van der Waals surface area (Å²) < 4.78 is 19.9. The van der Waals surface area contributed by atoms with E-state index in [1.54, 1.807) is 43.3 Å². The van der Waals surface area contributed by atoms with Crippen LogP contribution < -0.4 is 0 Å². The predicted octanol–water partition coefficient (Wildman–Crippen LogP) is 4.08. The molecule has 0 fully saturated rings. The van der Waals surface area contributed by atoms with Crippen LogP contribution in [0.3, 0.4) is 0 Å². The van der Waals surface area contributed by atoms with Gasteiger partial charge in [-0.25, -0.2) is 9.59 Å². The molecule has 0 aliphatic heterocycles. The van der Waals surface area contributed by atoms with Gasteiger partial charge in [0.15, 0.2) is 23.1 Å². The van der Waals surface area contributed by atoms with Crippen molar-refractivity contribution in [2.45, 2.75) is 6.92 Å². The third-order valence-electron chi connectivity index (χ3n) is 4.94. The summed E-state index contributed by atoms with van der Waals surface area (Å²) in [5.41, 5.74) is 1.27. The van der Waals surface area contributed by atoms with E-state index in [-0.39, 0.29) is 44.9 Å². The first kappa shape index (κ1) is 20.1. The second kappa shape index (κ2) is 7.56. The van der Waals surface area contributed by atoms with E-state index >= 15 is 0 Å². The summed E-state index contributed by atoms with van der Waals surface area (Å²) in [6.45, 7) is 1.79. The number of rotatable bonds is 2. The fraction of sp³-hybridized carbons (Fsp3) is 0.130. The number of fused-ring (bicyclic) bond motifs is 3. The molecule has 0 spiro atoms. The van der Waals surface area contributed by atoms with E-state index in [1.165, 1.54) is 6.07 Å². The van der Waals surface area contributed by atoms with Crippen LogP contribution in [0.5, 0.6) is 0 Å². The molecule has 31 heavy (non-hydrogen) atoms. The molecule has 0 heterocycles. The number of aryl methyl sites for hydroxylation is 1. The van der Waals surface area contributed by atoms with Gasteiger partial charge in [0.2, 0.25) is 0 Å². The number of ether oxygens (including phenoxy) is 4. The number of benzene rings is 2. The van der Waals surface area contributed by atoms with Crippen LogP contribution in [0.15, 0.2) is 53.6 Å². The van der Waals surface area contributed by atoms with Gasteiger partial charge in [0.25, 0.3) is 0 Å². The van der Waals surface area contributed by atoms with E-state index in [4.69, 9.17) is 9.47 Å². The number of Topliss-reactive ketones (excluding diaryl/α,β-unsaturated/α-hetero) is 2. The minimum Gasteiger partial charge on any atom is -0.437 e. The third-order valence-corrected chi connectivity index (χ3v) is 4.94. The largest absolute Gasteiger partial charge is 0.513 e. The summed E-state index contributed by atoms with van der Waals surface area (Å²) in [6, 6.07) is 11.2. The number of methoxy groups -OCH3 is 2. The van der Waals surface area contributed by atoms with Crippen LogP contribution in [-0.4, -0.2) is 38.1 Å². The van der Waals surface area contributed by atoms with Gasteiger partial charge < -0.3 is 18.9 Å². The Hall–Kier alpha value is -4.20. The zero-order valence-corrected chi connectivity index (χ0v) is 16.8. The van der Waals surface area contributed by atoms with E-state index in [0.29, 0.717) is 0 Å². The molecule has 0 radical (unpaired) electrons. The number of hydrogen-bond acceptors (Lipinski definition) is 8. The standard InChI is InChI=1S/C23H16O8/c1-11-8-9-13-15(10-11)21(31-23(27)29-3)17-16(19(13)25)20(30-22(26)28-2)14-7-5-4-6-12(14)18(17)24/h4-10H,1-3H3. The average molecular weight is 420 g/mol. The van der Waals surface area contributed by atoms with Gasteiger partial charge in [-0.05, 0) is 13.0 Å². The van der Waals surface area contributed by atoms with Crippen molar-refractivity contribution >= 4 is 35.4 Å². The molecule has 156 valence electrons. The summed E-state index contributed by atoms with van der Waals surface area (Å²) in [6.07, 6.45) is -2.13. The van der Waals surface area contributed by atoms with Gasteiger partial charge in [-0.1, -0.05) is 42.0 Å². The number of hydrogen-bond donors (Lipinski definition) is 0. The summed E-state index contributed by atoms with van der Waals surface area (Å²) in [4.78, 5) is 50.8. The molecule has 2 aliphatic rings. The maximum absolute atomic E-state index is 13.5. The molecule has 8 nitrogen and oxygen atoms in total. The average Bonchev–Trinajstić information content (AvgIpc) is 2.78. The lowest BCUT2D eigenvalue weighted by molar-refractivity contribution is 0.0957. The quantitative estimate of drug-likeness (QED) is 0.670. The molecule has 0 N–H and O–H groups in total. The first-order valence-electron chi connectivity index (χ1n) is 9.17. The van der Waals surface area contributed by atoms with Crippen LogP contribution in [0, 0.1) is 6.92 Å². The summed E-state index contributed by atoms with van der Waals surface area (Å²) in [7, 11) is 2.25. The van der Waals surface area contributed by atoms with Crippen molar-refractivity contribution in [1.29, 1.82) is 0 Å². The highest BCUT2D eigenvalue weighted by Crippen LogP contribution is 2.45. The smallest absolute Gasteiger partial charge is 0.437 e. The molecule has 0 bridgehead atoms. The van der Waals surface area contributed by atoms with Crippen LogP contribution in [0.1, 0.15) is 37.4 Å². The summed E-state index contributed by atoms with van der Waals surface area (Å²) in [5, 5.41) is 0. The van der Waals surface area contributed by atoms with E-state index in [0.717, 1.165) is 19.8 Å².